The van der Waals surface area contributed by atoms with Crippen molar-refractivity contribution >= 4 is 11.6 Å². The Labute approximate surface area is 159 Å². The summed E-state index contributed by atoms with van der Waals surface area (Å²) in [7, 11) is 0. The molecule has 0 aliphatic rings. The number of nitrogens with zero attached hydrogens (tertiary/aromatic N) is 2. The fraction of sp³-hybridized carbons (Fsp3) is 0.381. The minimum absolute atomic E-state index is 0.0972. The van der Waals surface area contributed by atoms with Gasteiger partial charge in [0.1, 0.15) is 0 Å². The third kappa shape index (κ3) is 5.29. The lowest BCUT2D eigenvalue weighted by Gasteiger charge is -2.37. The Morgan fingerprint density at radius 2 is 1.81 bits per heavy atom. The number of hydrogen-bond donors (Lipinski definition) is 0. The third-order valence-electron chi connectivity index (χ3n) is 4.22. The van der Waals surface area contributed by atoms with E-state index in [1.165, 1.54) is 12.1 Å². The second-order valence-corrected chi connectivity index (χ2v) is 7.57. The van der Waals surface area contributed by atoms with Crippen LogP contribution in [0.1, 0.15) is 38.8 Å². The van der Waals surface area contributed by atoms with E-state index in [2.05, 4.69) is 0 Å². The number of hydrogen-bond acceptors (Lipinski definition) is 4. The molecule has 0 saturated heterocycles. The van der Waals surface area contributed by atoms with Crippen LogP contribution in [0.4, 0.5) is 5.69 Å². The highest BCUT2D eigenvalue weighted by Gasteiger charge is 2.32. The van der Waals surface area contributed by atoms with Crippen LogP contribution < -0.4 is 4.74 Å². The summed E-state index contributed by atoms with van der Waals surface area (Å²) in [5.74, 6) is -0.124. The lowest BCUT2D eigenvalue weighted by Crippen LogP contribution is -2.50. The zero-order valence-electron chi connectivity index (χ0n) is 16.4. The predicted octanol–water partition coefficient (Wildman–Crippen LogP) is 4.50. The summed E-state index contributed by atoms with van der Waals surface area (Å²) in [5, 5.41) is 11.3. The molecule has 0 bridgehead atoms. The molecule has 0 aromatic heterocycles. The van der Waals surface area contributed by atoms with E-state index in [0.29, 0.717) is 6.54 Å². The number of amides is 1. The van der Waals surface area contributed by atoms with Gasteiger partial charge in [0.2, 0.25) is 0 Å². The van der Waals surface area contributed by atoms with Crippen molar-refractivity contribution in [2.24, 2.45) is 0 Å². The molecule has 6 heteroatoms. The van der Waals surface area contributed by atoms with Crippen LogP contribution in [0.25, 0.3) is 0 Å². The van der Waals surface area contributed by atoms with E-state index in [9.17, 15) is 14.9 Å². The zero-order valence-corrected chi connectivity index (χ0v) is 16.4. The number of nitro benzene ring substituents is 1. The standard InChI is InChI=1S/C21H26N2O4/c1-15-11-12-19(18(13-15)23(25)26)27-16(2)20(24)22(21(3,4)5)14-17-9-7-6-8-10-17/h6-13,16H,14H2,1-5H3/t16-/m1/s1. The van der Waals surface area contributed by atoms with Crippen molar-refractivity contribution in [1.29, 1.82) is 0 Å². The minimum Gasteiger partial charge on any atom is -0.474 e. The topological polar surface area (TPSA) is 72.7 Å². The highest BCUT2D eigenvalue weighted by molar-refractivity contribution is 5.81. The predicted molar refractivity (Wildman–Crippen MR) is 105 cm³/mol. The molecule has 27 heavy (non-hydrogen) atoms. The Morgan fingerprint density at radius 3 is 2.37 bits per heavy atom. The van der Waals surface area contributed by atoms with E-state index in [4.69, 9.17) is 4.74 Å². The molecule has 144 valence electrons. The quantitative estimate of drug-likeness (QED) is 0.554. The first-order valence-electron chi connectivity index (χ1n) is 8.86. The Bertz CT molecular complexity index is 813. The minimum atomic E-state index is -0.852. The molecular formula is C21H26N2O4. The Kier molecular flexibility index (Phi) is 6.20. The van der Waals surface area contributed by atoms with Crippen LogP contribution in [0.3, 0.4) is 0 Å². The van der Waals surface area contributed by atoms with Gasteiger partial charge in [0.15, 0.2) is 11.9 Å². The molecule has 0 unspecified atom stereocenters. The first-order chi connectivity index (χ1) is 12.6. The molecule has 2 aromatic rings. The largest absolute Gasteiger partial charge is 0.474 e. The Hall–Kier alpha value is -2.89. The zero-order chi connectivity index (χ0) is 20.2. The molecule has 0 fully saturated rings. The number of carbonyl (C=O) groups excluding carboxylic acids is 1. The first kappa shape index (κ1) is 20.4. The van der Waals surface area contributed by atoms with Crippen LogP contribution in [-0.2, 0) is 11.3 Å². The monoisotopic (exact) mass is 370 g/mol. The molecule has 0 aliphatic heterocycles. The van der Waals surface area contributed by atoms with Gasteiger partial charge in [-0.3, -0.25) is 14.9 Å². The van der Waals surface area contributed by atoms with Crippen LogP contribution in [0, 0.1) is 17.0 Å². The molecule has 0 heterocycles. The van der Waals surface area contributed by atoms with Gasteiger partial charge in [-0.1, -0.05) is 36.4 Å². The van der Waals surface area contributed by atoms with Crippen LogP contribution in [0.15, 0.2) is 48.5 Å². The van der Waals surface area contributed by atoms with E-state index in [0.717, 1.165) is 11.1 Å². The van der Waals surface area contributed by atoms with Gasteiger partial charge in [-0.2, -0.15) is 0 Å². The number of benzene rings is 2. The van der Waals surface area contributed by atoms with Crippen LogP contribution in [0.5, 0.6) is 5.75 Å². The SMILES string of the molecule is Cc1ccc(O[C@H](C)C(=O)N(Cc2ccccc2)C(C)(C)C)c([N+](=O)[O-])c1. The van der Waals surface area contributed by atoms with E-state index in [-0.39, 0.29) is 17.3 Å². The normalized spacial score (nSPS) is 12.3. The van der Waals surface area contributed by atoms with E-state index < -0.39 is 16.6 Å². The van der Waals surface area contributed by atoms with Crippen molar-refractivity contribution in [3.05, 3.63) is 69.8 Å². The second-order valence-electron chi connectivity index (χ2n) is 7.57. The molecule has 0 radical (unpaired) electrons. The van der Waals surface area contributed by atoms with Gasteiger partial charge in [0.05, 0.1) is 4.92 Å². The molecule has 6 nitrogen and oxygen atoms in total. The highest BCUT2D eigenvalue weighted by Crippen LogP contribution is 2.29. The molecule has 0 N–H and O–H groups in total. The van der Waals surface area contributed by atoms with Crippen LogP contribution >= 0.6 is 0 Å². The van der Waals surface area contributed by atoms with Crippen molar-refractivity contribution in [1.82, 2.24) is 4.90 Å². The molecule has 2 rings (SSSR count). The molecular weight excluding hydrogens is 344 g/mol. The smallest absolute Gasteiger partial charge is 0.311 e. The fourth-order valence-electron chi connectivity index (χ4n) is 2.74. The van der Waals surface area contributed by atoms with Gasteiger partial charge in [0, 0.05) is 18.2 Å². The van der Waals surface area contributed by atoms with Gasteiger partial charge >= 0.3 is 5.69 Å². The van der Waals surface area contributed by atoms with Crippen molar-refractivity contribution in [2.75, 3.05) is 0 Å². The summed E-state index contributed by atoms with van der Waals surface area (Å²) in [4.78, 5) is 25.6. The Morgan fingerprint density at radius 1 is 1.19 bits per heavy atom. The van der Waals surface area contributed by atoms with Crippen molar-refractivity contribution in [2.45, 2.75) is 52.8 Å². The number of nitro groups is 1. The van der Waals surface area contributed by atoms with Gasteiger partial charge in [0.25, 0.3) is 5.91 Å². The van der Waals surface area contributed by atoms with E-state index in [1.807, 2.05) is 51.1 Å². The molecule has 0 aliphatic carbocycles. The summed E-state index contributed by atoms with van der Waals surface area (Å²) in [6.07, 6.45) is -0.852. The first-order valence-corrected chi connectivity index (χ1v) is 8.86. The Balaban J connectivity index is 2.24. The van der Waals surface area contributed by atoms with E-state index >= 15 is 0 Å². The molecule has 2 aromatic carbocycles. The maximum atomic E-state index is 13.1. The maximum absolute atomic E-state index is 13.1. The summed E-state index contributed by atoms with van der Waals surface area (Å²) in [6, 6.07) is 14.4. The van der Waals surface area contributed by atoms with Crippen molar-refractivity contribution in [3.63, 3.8) is 0 Å². The summed E-state index contributed by atoms with van der Waals surface area (Å²) < 4.78 is 5.70. The molecule has 1 amide bonds. The van der Waals surface area contributed by atoms with Crippen LogP contribution in [-0.4, -0.2) is 27.4 Å². The molecule has 1 atom stereocenters. The average Bonchev–Trinajstić information content (AvgIpc) is 2.60. The lowest BCUT2D eigenvalue weighted by molar-refractivity contribution is -0.386. The number of rotatable bonds is 6. The lowest BCUT2D eigenvalue weighted by atomic mass is 10.0. The van der Waals surface area contributed by atoms with Crippen LogP contribution in [0.2, 0.25) is 0 Å². The van der Waals surface area contributed by atoms with Gasteiger partial charge < -0.3 is 9.64 Å². The van der Waals surface area contributed by atoms with Crippen molar-refractivity contribution in [3.8, 4) is 5.75 Å². The summed E-state index contributed by atoms with van der Waals surface area (Å²) >= 11 is 0. The summed E-state index contributed by atoms with van der Waals surface area (Å²) in [6.45, 7) is 9.69. The number of aryl methyl sites for hydroxylation is 1. The van der Waals surface area contributed by atoms with Crippen molar-refractivity contribution < 1.29 is 14.5 Å². The van der Waals surface area contributed by atoms with Gasteiger partial charge in [-0.25, -0.2) is 0 Å². The second kappa shape index (κ2) is 8.20. The summed E-state index contributed by atoms with van der Waals surface area (Å²) in [5.41, 5.74) is 1.20. The molecule has 0 saturated carbocycles. The van der Waals surface area contributed by atoms with Gasteiger partial charge in [-0.05, 0) is 51.8 Å². The number of carbonyl (C=O) groups is 1. The average molecular weight is 370 g/mol. The number of ether oxygens (including phenoxy) is 1. The third-order valence-corrected chi connectivity index (χ3v) is 4.22. The highest BCUT2D eigenvalue weighted by atomic mass is 16.6. The van der Waals surface area contributed by atoms with Gasteiger partial charge in [-0.15, -0.1) is 0 Å². The molecule has 0 spiro atoms. The fourth-order valence-corrected chi connectivity index (χ4v) is 2.74. The van der Waals surface area contributed by atoms with E-state index in [1.54, 1.807) is 24.8 Å². The maximum Gasteiger partial charge on any atom is 0.311 e.